The molecule has 0 aliphatic carbocycles. The van der Waals surface area contributed by atoms with Crippen molar-refractivity contribution >= 4 is 30.1 Å². The van der Waals surface area contributed by atoms with Gasteiger partial charge in [0.15, 0.2) is 0 Å². The molecule has 0 saturated heterocycles. The molecule has 6 heteroatoms. The summed E-state index contributed by atoms with van der Waals surface area (Å²) >= 11 is 0. The van der Waals surface area contributed by atoms with Crippen molar-refractivity contribution in [3.8, 4) is 0 Å². The van der Waals surface area contributed by atoms with Gasteiger partial charge in [0.1, 0.15) is 23.2 Å². The quantitative estimate of drug-likeness (QED) is 0.379. The lowest BCUT2D eigenvalue weighted by Gasteiger charge is -2.27. The summed E-state index contributed by atoms with van der Waals surface area (Å²) < 4.78 is 0. The van der Waals surface area contributed by atoms with Gasteiger partial charge in [-0.05, 0) is 42.8 Å². The number of rotatable bonds is 6. The summed E-state index contributed by atoms with van der Waals surface area (Å²) in [5, 5.41) is 33.5. The average molecular weight is 398 g/mol. The standard InChI is InChI=1S/C22H24P.BH4O4/c1-2-3-19-23(20-13-7-4-8-14-20,21-15-9-5-10-16-21)22-17-11-6-12-18-22;2-1(3,4)5/h4-18H,2-3,19H2,1H3;2-5H/q+1;-1. The SMILES string of the molecule is CCCC[P+](c1ccccc1)(c1ccccc1)c1ccccc1.O[B-](O)(O)O. The molecule has 0 atom stereocenters. The topological polar surface area (TPSA) is 80.9 Å². The summed E-state index contributed by atoms with van der Waals surface area (Å²) in [6, 6.07) is 33.4. The van der Waals surface area contributed by atoms with E-state index < -0.39 is 14.2 Å². The lowest BCUT2D eigenvalue weighted by molar-refractivity contribution is 0.117. The van der Waals surface area contributed by atoms with Crippen molar-refractivity contribution in [1.29, 1.82) is 0 Å². The normalized spacial score (nSPS) is 11.5. The van der Waals surface area contributed by atoms with Crippen LogP contribution >= 0.6 is 7.26 Å². The zero-order valence-electron chi connectivity index (χ0n) is 16.1. The fourth-order valence-corrected chi connectivity index (χ4v) is 7.78. The molecule has 3 aromatic carbocycles. The highest BCUT2D eigenvalue weighted by atomic mass is 31.2. The monoisotopic (exact) mass is 398 g/mol. The highest BCUT2D eigenvalue weighted by Gasteiger charge is 2.44. The van der Waals surface area contributed by atoms with Gasteiger partial charge in [0.05, 0.1) is 6.16 Å². The summed E-state index contributed by atoms with van der Waals surface area (Å²) in [4.78, 5) is 0. The van der Waals surface area contributed by atoms with Gasteiger partial charge in [0.2, 0.25) is 0 Å². The van der Waals surface area contributed by atoms with Crippen LogP contribution in [0, 0.1) is 0 Å². The molecule has 0 amide bonds. The summed E-state index contributed by atoms with van der Waals surface area (Å²) in [5.74, 6) is 0. The van der Waals surface area contributed by atoms with Gasteiger partial charge in [-0.2, -0.15) is 0 Å². The Labute approximate surface area is 167 Å². The van der Waals surface area contributed by atoms with E-state index >= 15 is 0 Å². The second-order valence-electron chi connectivity index (χ2n) is 6.59. The Morgan fingerprint density at radius 3 is 1.14 bits per heavy atom. The van der Waals surface area contributed by atoms with E-state index in [-0.39, 0.29) is 0 Å². The average Bonchev–Trinajstić information content (AvgIpc) is 2.70. The molecule has 0 aromatic heterocycles. The van der Waals surface area contributed by atoms with Crippen molar-refractivity contribution in [2.75, 3.05) is 6.16 Å². The van der Waals surface area contributed by atoms with Crippen LogP contribution in [0.5, 0.6) is 0 Å². The second-order valence-corrected chi connectivity index (χ2v) is 10.2. The van der Waals surface area contributed by atoms with E-state index in [1.165, 1.54) is 34.9 Å². The molecular weight excluding hydrogens is 370 g/mol. The molecule has 0 unspecified atom stereocenters. The molecule has 0 heterocycles. The second kappa shape index (κ2) is 10.5. The highest BCUT2D eigenvalue weighted by Crippen LogP contribution is 2.55. The summed E-state index contributed by atoms with van der Waals surface area (Å²) in [5.41, 5.74) is 0. The van der Waals surface area contributed by atoms with Crippen LogP contribution in [0.25, 0.3) is 0 Å². The summed E-state index contributed by atoms with van der Waals surface area (Å²) in [7, 11) is -1.57. The zero-order valence-corrected chi connectivity index (χ0v) is 17.0. The summed E-state index contributed by atoms with van der Waals surface area (Å²) in [6.07, 6.45) is 3.72. The van der Waals surface area contributed by atoms with Crippen LogP contribution in [0.15, 0.2) is 91.0 Å². The molecule has 0 fully saturated rings. The molecule has 0 aliphatic heterocycles. The van der Waals surface area contributed by atoms with E-state index in [1.807, 2.05) is 0 Å². The van der Waals surface area contributed by atoms with Crippen LogP contribution in [-0.4, -0.2) is 33.2 Å². The molecule has 148 valence electrons. The van der Waals surface area contributed by atoms with Gasteiger partial charge < -0.3 is 20.1 Å². The third-order valence-corrected chi connectivity index (χ3v) is 8.96. The predicted octanol–water partition coefficient (Wildman–Crippen LogP) is 2.17. The first kappa shape index (κ1) is 22.3. The van der Waals surface area contributed by atoms with E-state index in [4.69, 9.17) is 20.1 Å². The Bertz CT molecular complexity index is 706. The van der Waals surface area contributed by atoms with Crippen molar-refractivity contribution < 1.29 is 20.1 Å². The molecule has 0 saturated carbocycles. The van der Waals surface area contributed by atoms with Crippen LogP contribution in [0.1, 0.15) is 19.8 Å². The van der Waals surface area contributed by atoms with Crippen molar-refractivity contribution in [3.05, 3.63) is 91.0 Å². The predicted molar refractivity (Wildman–Crippen MR) is 120 cm³/mol. The van der Waals surface area contributed by atoms with Crippen LogP contribution in [0.4, 0.5) is 0 Å². The minimum atomic E-state index is -4.00. The van der Waals surface area contributed by atoms with Crippen molar-refractivity contribution in [2.24, 2.45) is 0 Å². The van der Waals surface area contributed by atoms with E-state index in [1.54, 1.807) is 0 Å². The molecule has 0 spiro atoms. The van der Waals surface area contributed by atoms with Crippen molar-refractivity contribution in [1.82, 2.24) is 0 Å². The fraction of sp³-hybridized carbons (Fsp3) is 0.182. The third-order valence-electron chi connectivity index (χ3n) is 4.44. The molecule has 4 nitrogen and oxygen atoms in total. The van der Waals surface area contributed by atoms with Crippen LogP contribution in [-0.2, 0) is 0 Å². The molecule has 28 heavy (non-hydrogen) atoms. The Morgan fingerprint density at radius 2 is 0.893 bits per heavy atom. The minimum absolute atomic E-state index is 1.23. The molecule has 0 radical (unpaired) electrons. The van der Waals surface area contributed by atoms with E-state index in [0.717, 1.165) is 0 Å². The first-order chi connectivity index (χ1) is 13.4. The van der Waals surface area contributed by atoms with Crippen LogP contribution in [0.2, 0.25) is 0 Å². The molecule has 0 bridgehead atoms. The smallest absolute Gasteiger partial charge is 0.521 e. The van der Waals surface area contributed by atoms with Gasteiger partial charge in [-0.3, -0.25) is 0 Å². The number of unbranched alkanes of at least 4 members (excludes halogenated alkanes) is 1. The van der Waals surface area contributed by atoms with E-state index in [0.29, 0.717) is 0 Å². The van der Waals surface area contributed by atoms with Gasteiger partial charge in [0, 0.05) is 0 Å². The zero-order chi connectivity index (χ0) is 20.5. The third kappa shape index (κ3) is 6.27. The highest BCUT2D eigenvalue weighted by molar-refractivity contribution is 7.95. The minimum Gasteiger partial charge on any atom is -0.534 e. The fourth-order valence-electron chi connectivity index (χ4n) is 3.28. The molecule has 3 rings (SSSR count). The molecule has 4 N–H and O–H groups in total. The van der Waals surface area contributed by atoms with E-state index in [9.17, 15) is 0 Å². The first-order valence-electron chi connectivity index (χ1n) is 9.46. The van der Waals surface area contributed by atoms with Gasteiger partial charge in [-0.15, -0.1) is 0 Å². The number of hydrogen-bond acceptors (Lipinski definition) is 4. The lowest BCUT2D eigenvalue weighted by Crippen LogP contribution is -2.33. The maximum Gasteiger partial charge on any atom is 0.521 e. The Balaban J connectivity index is 0.000000500. The molecular formula is C22H28BO4P. The van der Waals surface area contributed by atoms with Crippen LogP contribution < -0.4 is 15.9 Å². The van der Waals surface area contributed by atoms with Gasteiger partial charge in [-0.1, -0.05) is 67.9 Å². The Hall–Kier alpha value is -2.01. The summed E-state index contributed by atoms with van der Waals surface area (Å²) in [6.45, 7) is -1.71. The molecule has 0 aliphatic rings. The first-order valence-corrected chi connectivity index (χ1v) is 11.4. The Morgan fingerprint density at radius 1 is 0.607 bits per heavy atom. The molecule has 3 aromatic rings. The van der Waals surface area contributed by atoms with Gasteiger partial charge >= 0.3 is 6.96 Å². The van der Waals surface area contributed by atoms with E-state index in [2.05, 4.69) is 97.9 Å². The Kier molecular flexibility index (Phi) is 8.37. The number of benzene rings is 3. The maximum atomic E-state index is 7.25. The van der Waals surface area contributed by atoms with Crippen LogP contribution in [0.3, 0.4) is 0 Å². The lowest BCUT2D eigenvalue weighted by atomic mass is 10.1. The largest absolute Gasteiger partial charge is 0.534 e. The number of hydrogen-bond donors (Lipinski definition) is 4. The maximum absolute atomic E-state index is 7.25. The van der Waals surface area contributed by atoms with Gasteiger partial charge in [0.25, 0.3) is 0 Å². The van der Waals surface area contributed by atoms with Crippen molar-refractivity contribution in [2.45, 2.75) is 19.8 Å². The van der Waals surface area contributed by atoms with Crippen molar-refractivity contribution in [3.63, 3.8) is 0 Å². The van der Waals surface area contributed by atoms with Gasteiger partial charge in [-0.25, -0.2) is 0 Å².